The predicted octanol–water partition coefficient (Wildman–Crippen LogP) is 4.73. The maximum absolute atomic E-state index is 6.43. The summed E-state index contributed by atoms with van der Waals surface area (Å²) in [5.41, 5.74) is 2.18. The van der Waals surface area contributed by atoms with Crippen LogP contribution in [0.5, 0.6) is 0 Å². The van der Waals surface area contributed by atoms with Crippen LogP contribution >= 0.6 is 34.8 Å². The summed E-state index contributed by atoms with van der Waals surface area (Å²) in [7, 11) is 2.13. The Hall–Kier alpha value is -2.13. The van der Waals surface area contributed by atoms with Gasteiger partial charge < -0.3 is 19.5 Å². The topological polar surface area (TPSA) is 83.2 Å². The maximum Gasteiger partial charge on any atom is 0.268 e. The third-order valence-electron chi connectivity index (χ3n) is 6.00. The van der Waals surface area contributed by atoms with Gasteiger partial charge in [0.2, 0.25) is 5.89 Å². The van der Waals surface area contributed by atoms with E-state index in [1.165, 1.54) is 0 Å². The van der Waals surface area contributed by atoms with Crippen LogP contribution in [0, 0.1) is 0 Å². The van der Waals surface area contributed by atoms with E-state index in [0.29, 0.717) is 44.9 Å². The van der Waals surface area contributed by atoms with Crippen molar-refractivity contribution < 1.29 is 4.42 Å². The van der Waals surface area contributed by atoms with Crippen LogP contribution in [0.4, 0.5) is 11.5 Å². The lowest BCUT2D eigenvalue weighted by atomic mass is 9.97. The molecule has 0 amide bonds. The Morgan fingerprint density at radius 2 is 1.81 bits per heavy atom. The Morgan fingerprint density at radius 1 is 1.03 bits per heavy atom. The first kappa shape index (κ1) is 21.7. The molecule has 1 N–H and O–H groups in total. The fourth-order valence-corrected chi connectivity index (χ4v) is 4.78. The highest BCUT2D eigenvalue weighted by Crippen LogP contribution is 2.36. The summed E-state index contributed by atoms with van der Waals surface area (Å²) in [6.07, 6.45) is 2.01. The number of nitrogens with zero attached hydrogens (tertiary/aromatic N) is 6. The number of aromatic nitrogens is 4. The third-order valence-corrected chi connectivity index (χ3v) is 7.20. The van der Waals surface area contributed by atoms with Gasteiger partial charge in [-0.15, -0.1) is 20.4 Å². The SMILES string of the molecule is CN1CCC(c2nnc(-c3cc4c(nn3)NCCN4Cc3c(Cl)ccc(Cl)c3Cl)o2)CC1. The highest BCUT2D eigenvalue weighted by atomic mass is 35.5. The predicted molar refractivity (Wildman–Crippen MR) is 126 cm³/mol. The van der Waals surface area contributed by atoms with Crippen LogP contribution in [0.3, 0.4) is 0 Å². The lowest BCUT2D eigenvalue weighted by Gasteiger charge is -2.31. The number of benzene rings is 1. The normalized spacial score (nSPS) is 17.3. The van der Waals surface area contributed by atoms with E-state index >= 15 is 0 Å². The molecule has 2 aliphatic heterocycles. The summed E-state index contributed by atoms with van der Waals surface area (Å²) in [5, 5.41) is 22.0. The minimum atomic E-state index is 0.281. The van der Waals surface area contributed by atoms with Crippen molar-refractivity contribution >= 4 is 46.3 Å². The van der Waals surface area contributed by atoms with Gasteiger partial charge >= 0.3 is 0 Å². The molecular formula is C21H22Cl3N7O. The van der Waals surface area contributed by atoms with E-state index in [1.807, 2.05) is 6.07 Å². The summed E-state index contributed by atoms with van der Waals surface area (Å²) >= 11 is 19.1. The standard InChI is InChI=1S/C21H22Cl3N7O/c1-30-7-4-12(5-8-30)20-28-29-21(32-20)16-10-17-19(27-26-16)25-6-9-31(17)11-13-14(22)2-3-15(23)18(13)24/h2-3,10,12H,4-9,11H2,1H3,(H,25,27). The second kappa shape index (κ2) is 9.02. The average Bonchev–Trinajstić information content (AvgIpc) is 3.30. The lowest BCUT2D eigenvalue weighted by molar-refractivity contribution is 0.237. The number of fused-ring (bicyclic) bond motifs is 1. The van der Waals surface area contributed by atoms with Crippen LogP contribution in [-0.4, -0.2) is 58.5 Å². The highest BCUT2D eigenvalue weighted by Gasteiger charge is 2.26. The Morgan fingerprint density at radius 3 is 2.62 bits per heavy atom. The number of hydrogen-bond donors (Lipinski definition) is 1. The maximum atomic E-state index is 6.43. The molecule has 0 aliphatic carbocycles. The summed E-state index contributed by atoms with van der Waals surface area (Å²) in [6.45, 7) is 3.99. The zero-order valence-electron chi connectivity index (χ0n) is 17.5. The van der Waals surface area contributed by atoms with Crippen LogP contribution in [0.15, 0.2) is 22.6 Å². The van der Waals surface area contributed by atoms with Gasteiger partial charge in [-0.3, -0.25) is 0 Å². The van der Waals surface area contributed by atoms with Crippen LogP contribution < -0.4 is 10.2 Å². The van der Waals surface area contributed by atoms with Crippen molar-refractivity contribution in [3.8, 4) is 11.6 Å². The molecule has 0 radical (unpaired) electrons. The molecule has 0 bridgehead atoms. The number of piperidine rings is 1. The number of nitrogens with one attached hydrogen (secondary N) is 1. The van der Waals surface area contributed by atoms with Gasteiger partial charge in [-0.05, 0) is 51.2 Å². The molecular weight excluding hydrogens is 473 g/mol. The van der Waals surface area contributed by atoms with Crippen LogP contribution in [-0.2, 0) is 6.54 Å². The zero-order chi connectivity index (χ0) is 22.2. The number of likely N-dealkylation sites (tertiary alicyclic amines) is 1. The molecule has 0 spiro atoms. The van der Waals surface area contributed by atoms with E-state index in [-0.39, 0.29) is 5.92 Å². The summed E-state index contributed by atoms with van der Waals surface area (Å²) < 4.78 is 6.00. The van der Waals surface area contributed by atoms with Crippen molar-refractivity contribution in [3.05, 3.63) is 44.7 Å². The van der Waals surface area contributed by atoms with Crippen LogP contribution in [0.2, 0.25) is 15.1 Å². The Balaban J connectivity index is 1.42. The van der Waals surface area contributed by atoms with E-state index in [0.717, 1.165) is 50.3 Å². The van der Waals surface area contributed by atoms with Crippen LogP contribution in [0.1, 0.15) is 30.2 Å². The molecule has 5 rings (SSSR count). The minimum absolute atomic E-state index is 0.281. The van der Waals surface area contributed by atoms with Gasteiger partial charge in [0.25, 0.3) is 5.89 Å². The van der Waals surface area contributed by atoms with E-state index in [2.05, 4.69) is 42.6 Å². The Bertz CT molecular complexity index is 1130. The van der Waals surface area contributed by atoms with E-state index in [9.17, 15) is 0 Å². The molecule has 1 saturated heterocycles. The molecule has 1 fully saturated rings. The molecule has 11 heteroatoms. The van der Waals surface area contributed by atoms with E-state index in [1.54, 1.807) is 12.1 Å². The van der Waals surface area contributed by atoms with Crippen LogP contribution in [0.25, 0.3) is 11.6 Å². The summed E-state index contributed by atoms with van der Waals surface area (Å²) in [4.78, 5) is 4.45. The number of halogens is 3. The monoisotopic (exact) mass is 493 g/mol. The van der Waals surface area contributed by atoms with Gasteiger partial charge in [0.1, 0.15) is 0 Å². The molecule has 8 nitrogen and oxygen atoms in total. The molecule has 3 aromatic rings. The van der Waals surface area contributed by atoms with Gasteiger partial charge in [-0.1, -0.05) is 34.8 Å². The zero-order valence-corrected chi connectivity index (χ0v) is 19.8. The fraction of sp³-hybridized carbons (Fsp3) is 0.429. The van der Waals surface area contributed by atoms with Gasteiger partial charge in [0.15, 0.2) is 11.5 Å². The smallest absolute Gasteiger partial charge is 0.268 e. The Kier molecular flexibility index (Phi) is 6.11. The molecule has 1 aromatic carbocycles. The van der Waals surface area contributed by atoms with Crippen molar-refractivity contribution in [1.82, 2.24) is 25.3 Å². The molecule has 32 heavy (non-hydrogen) atoms. The molecule has 0 atom stereocenters. The van der Waals surface area contributed by atoms with Gasteiger partial charge in [0, 0.05) is 36.1 Å². The first-order chi connectivity index (χ1) is 15.5. The molecule has 2 aromatic heterocycles. The second-order valence-corrected chi connectivity index (χ2v) is 9.35. The van der Waals surface area contributed by atoms with Crippen molar-refractivity contribution in [3.63, 3.8) is 0 Å². The first-order valence-electron chi connectivity index (χ1n) is 10.5. The fourth-order valence-electron chi connectivity index (χ4n) is 4.11. The molecule has 0 saturated carbocycles. The number of rotatable bonds is 4. The average molecular weight is 495 g/mol. The highest BCUT2D eigenvalue weighted by molar-refractivity contribution is 6.44. The number of anilines is 2. The summed E-state index contributed by atoms with van der Waals surface area (Å²) in [6, 6.07) is 5.36. The second-order valence-electron chi connectivity index (χ2n) is 8.16. The molecule has 168 valence electrons. The quantitative estimate of drug-likeness (QED) is 0.521. The minimum Gasteiger partial charge on any atom is -0.419 e. The number of hydrogen-bond acceptors (Lipinski definition) is 8. The Labute approximate surface area is 200 Å². The van der Waals surface area contributed by atoms with E-state index in [4.69, 9.17) is 39.2 Å². The van der Waals surface area contributed by atoms with Crippen molar-refractivity contribution in [2.24, 2.45) is 0 Å². The third kappa shape index (κ3) is 4.24. The summed E-state index contributed by atoms with van der Waals surface area (Å²) in [5.74, 6) is 2.01. The van der Waals surface area contributed by atoms with Crippen molar-refractivity contribution in [2.75, 3.05) is 43.4 Å². The molecule has 2 aliphatic rings. The molecule has 4 heterocycles. The van der Waals surface area contributed by atoms with E-state index < -0.39 is 0 Å². The lowest BCUT2D eigenvalue weighted by Crippen LogP contribution is -2.34. The van der Waals surface area contributed by atoms with Gasteiger partial charge in [-0.2, -0.15) is 0 Å². The van der Waals surface area contributed by atoms with Gasteiger partial charge in [-0.25, -0.2) is 0 Å². The largest absolute Gasteiger partial charge is 0.419 e. The van der Waals surface area contributed by atoms with Crippen molar-refractivity contribution in [1.29, 1.82) is 0 Å². The first-order valence-corrected chi connectivity index (χ1v) is 11.6. The molecule has 0 unspecified atom stereocenters. The van der Waals surface area contributed by atoms with Gasteiger partial charge in [0.05, 0.1) is 15.7 Å². The van der Waals surface area contributed by atoms with Crippen molar-refractivity contribution in [2.45, 2.75) is 25.3 Å².